The standard InChI is InChI=1S/C15H14N4O4/c1-7(20)17-8-2-3-9-10(5-13(21)18-12(9)4-8)11-6-16-19-14(11)15(22)23/h2-4,6,10H,5H2,1H3,(H,16,19)(H,17,20)(H,18,21)(H,22,23)/t10-/m0/s1. The van der Waals surface area contributed by atoms with Gasteiger partial charge in [-0.05, 0) is 17.7 Å². The number of carboxylic acid groups (broad SMARTS) is 1. The molecule has 1 aromatic carbocycles. The maximum atomic E-state index is 12.0. The average Bonchev–Trinajstić information content (AvgIpc) is 2.94. The van der Waals surface area contributed by atoms with Crippen LogP contribution in [-0.4, -0.2) is 33.1 Å². The van der Waals surface area contributed by atoms with E-state index in [-0.39, 0.29) is 23.9 Å². The number of aromatic nitrogens is 2. The third kappa shape index (κ3) is 2.78. The fraction of sp³-hybridized carbons (Fsp3) is 0.200. The van der Waals surface area contributed by atoms with Crippen LogP contribution in [0.1, 0.15) is 40.9 Å². The molecule has 2 heterocycles. The van der Waals surface area contributed by atoms with Gasteiger partial charge in [0.25, 0.3) is 0 Å². The third-order valence-corrected chi connectivity index (χ3v) is 3.67. The Balaban J connectivity index is 2.05. The van der Waals surface area contributed by atoms with Crippen molar-refractivity contribution in [3.63, 3.8) is 0 Å². The molecule has 0 radical (unpaired) electrons. The van der Waals surface area contributed by atoms with Crippen LogP contribution in [0.5, 0.6) is 0 Å². The zero-order chi connectivity index (χ0) is 16.6. The van der Waals surface area contributed by atoms with Gasteiger partial charge in [-0.3, -0.25) is 14.7 Å². The number of nitrogens with zero attached hydrogens (tertiary/aromatic N) is 1. The second-order valence-electron chi connectivity index (χ2n) is 5.29. The Bertz CT molecular complexity index is 812. The number of hydrogen-bond donors (Lipinski definition) is 4. The molecule has 0 spiro atoms. The van der Waals surface area contributed by atoms with Gasteiger partial charge in [0.15, 0.2) is 0 Å². The summed E-state index contributed by atoms with van der Waals surface area (Å²) in [6.45, 7) is 1.39. The molecular formula is C15H14N4O4. The van der Waals surface area contributed by atoms with Crippen molar-refractivity contribution in [3.05, 3.63) is 41.2 Å². The molecule has 0 saturated carbocycles. The quantitative estimate of drug-likeness (QED) is 0.684. The van der Waals surface area contributed by atoms with Gasteiger partial charge in [0, 0.05) is 36.2 Å². The number of carboxylic acids is 1. The smallest absolute Gasteiger partial charge is 0.354 e. The molecule has 3 rings (SSSR count). The summed E-state index contributed by atoms with van der Waals surface area (Å²) in [5, 5.41) is 20.8. The highest BCUT2D eigenvalue weighted by Crippen LogP contribution is 2.39. The summed E-state index contributed by atoms with van der Waals surface area (Å²) in [6, 6.07) is 5.13. The van der Waals surface area contributed by atoms with Gasteiger partial charge < -0.3 is 15.7 Å². The Hall–Kier alpha value is -3.16. The van der Waals surface area contributed by atoms with Crippen molar-refractivity contribution in [2.45, 2.75) is 19.3 Å². The normalized spacial score (nSPS) is 16.4. The largest absolute Gasteiger partial charge is 0.477 e. The predicted octanol–water partition coefficient (Wildman–Crippen LogP) is 1.54. The van der Waals surface area contributed by atoms with Gasteiger partial charge in [-0.25, -0.2) is 4.79 Å². The van der Waals surface area contributed by atoms with Gasteiger partial charge >= 0.3 is 5.97 Å². The summed E-state index contributed by atoms with van der Waals surface area (Å²) >= 11 is 0. The van der Waals surface area contributed by atoms with Gasteiger partial charge in [-0.2, -0.15) is 5.10 Å². The van der Waals surface area contributed by atoms with Gasteiger partial charge in [0.2, 0.25) is 11.8 Å². The number of carbonyl (C=O) groups is 3. The van der Waals surface area contributed by atoms with E-state index in [0.29, 0.717) is 16.9 Å². The molecule has 8 nitrogen and oxygen atoms in total. The molecule has 2 amide bonds. The maximum absolute atomic E-state index is 12.0. The highest BCUT2D eigenvalue weighted by Gasteiger charge is 2.30. The molecular weight excluding hydrogens is 300 g/mol. The lowest BCUT2D eigenvalue weighted by Gasteiger charge is -2.26. The van der Waals surface area contributed by atoms with Crippen molar-refractivity contribution >= 4 is 29.2 Å². The van der Waals surface area contributed by atoms with Gasteiger partial charge in [-0.1, -0.05) is 6.07 Å². The number of fused-ring (bicyclic) bond motifs is 1. The van der Waals surface area contributed by atoms with Crippen LogP contribution < -0.4 is 10.6 Å². The van der Waals surface area contributed by atoms with Crippen molar-refractivity contribution in [2.24, 2.45) is 0 Å². The van der Waals surface area contributed by atoms with E-state index in [9.17, 15) is 19.5 Å². The first-order chi connectivity index (χ1) is 11.0. The molecule has 1 aliphatic rings. The number of carbonyl (C=O) groups excluding carboxylic acids is 2. The van der Waals surface area contributed by atoms with Crippen LogP contribution in [-0.2, 0) is 9.59 Å². The molecule has 8 heteroatoms. The highest BCUT2D eigenvalue weighted by atomic mass is 16.4. The number of aromatic carboxylic acids is 1. The lowest BCUT2D eigenvalue weighted by Crippen LogP contribution is -2.24. The second kappa shape index (κ2) is 5.56. The first kappa shape index (κ1) is 14.8. The zero-order valence-corrected chi connectivity index (χ0v) is 12.2. The van der Waals surface area contributed by atoms with Crippen molar-refractivity contribution in [3.8, 4) is 0 Å². The number of amides is 2. The first-order valence-corrected chi connectivity index (χ1v) is 6.93. The second-order valence-corrected chi connectivity index (χ2v) is 5.29. The van der Waals surface area contributed by atoms with Crippen LogP contribution in [0.2, 0.25) is 0 Å². The lowest BCUT2D eigenvalue weighted by molar-refractivity contribution is -0.116. The zero-order valence-electron chi connectivity index (χ0n) is 12.2. The molecule has 23 heavy (non-hydrogen) atoms. The molecule has 4 N–H and O–H groups in total. The van der Waals surface area contributed by atoms with Gasteiger partial charge in [0.1, 0.15) is 5.69 Å². The third-order valence-electron chi connectivity index (χ3n) is 3.67. The minimum atomic E-state index is -1.13. The van der Waals surface area contributed by atoms with Crippen molar-refractivity contribution in [1.29, 1.82) is 0 Å². The molecule has 118 valence electrons. The van der Waals surface area contributed by atoms with Crippen molar-refractivity contribution in [1.82, 2.24) is 10.2 Å². The molecule has 0 saturated heterocycles. The number of rotatable bonds is 3. The topological polar surface area (TPSA) is 124 Å². The van der Waals surface area contributed by atoms with Crippen LogP contribution in [0.25, 0.3) is 0 Å². The molecule has 1 aromatic heterocycles. The van der Waals surface area contributed by atoms with Crippen molar-refractivity contribution in [2.75, 3.05) is 10.6 Å². The van der Waals surface area contributed by atoms with E-state index in [1.807, 2.05) is 0 Å². The minimum Gasteiger partial charge on any atom is -0.477 e. The van der Waals surface area contributed by atoms with E-state index in [0.717, 1.165) is 5.56 Å². The number of H-pyrrole nitrogens is 1. The summed E-state index contributed by atoms with van der Waals surface area (Å²) in [5.41, 5.74) is 2.32. The monoisotopic (exact) mass is 314 g/mol. The molecule has 0 fully saturated rings. The van der Waals surface area contributed by atoms with Crippen LogP contribution in [0.4, 0.5) is 11.4 Å². The van der Waals surface area contributed by atoms with Crippen molar-refractivity contribution < 1.29 is 19.5 Å². The summed E-state index contributed by atoms with van der Waals surface area (Å²) in [5.74, 6) is -1.97. The van der Waals surface area contributed by atoms with Crippen LogP contribution in [0.15, 0.2) is 24.4 Å². The van der Waals surface area contributed by atoms with Crippen LogP contribution >= 0.6 is 0 Å². The Kier molecular flexibility index (Phi) is 3.57. The first-order valence-electron chi connectivity index (χ1n) is 6.93. The lowest BCUT2D eigenvalue weighted by atomic mass is 9.84. The van der Waals surface area contributed by atoms with Crippen LogP contribution in [0.3, 0.4) is 0 Å². The van der Waals surface area contributed by atoms with E-state index in [1.54, 1.807) is 18.2 Å². The Morgan fingerprint density at radius 2 is 2.13 bits per heavy atom. The molecule has 0 aliphatic carbocycles. The summed E-state index contributed by atoms with van der Waals surface area (Å²) < 4.78 is 0. The fourth-order valence-corrected chi connectivity index (χ4v) is 2.75. The highest BCUT2D eigenvalue weighted by molar-refractivity contribution is 5.98. The molecule has 2 aromatic rings. The van der Waals surface area contributed by atoms with E-state index in [2.05, 4.69) is 20.8 Å². The number of nitrogens with one attached hydrogen (secondary N) is 3. The van der Waals surface area contributed by atoms with E-state index in [4.69, 9.17) is 0 Å². The fourth-order valence-electron chi connectivity index (χ4n) is 2.75. The van der Waals surface area contributed by atoms with E-state index in [1.165, 1.54) is 13.1 Å². The SMILES string of the molecule is CC(=O)Nc1ccc2c(c1)NC(=O)C[C@@H]2c1cn[nH]c1C(=O)O. The minimum absolute atomic E-state index is 0.0263. The number of benzene rings is 1. The summed E-state index contributed by atoms with van der Waals surface area (Å²) in [7, 11) is 0. The average molecular weight is 314 g/mol. The van der Waals surface area contributed by atoms with Crippen LogP contribution in [0, 0.1) is 0 Å². The Labute approximate surface area is 130 Å². The number of hydrogen-bond acceptors (Lipinski definition) is 4. The van der Waals surface area contributed by atoms with Gasteiger partial charge in [0.05, 0.1) is 6.20 Å². The maximum Gasteiger partial charge on any atom is 0.354 e. The van der Waals surface area contributed by atoms with E-state index < -0.39 is 11.9 Å². The molecule has 0 unspecified atom stereocenters. The molecule has 1 aliphatic heterocycles. The summed E-state index contributed by atoms with van der Waals surface area (Å²) in [4.78, 5) is 34.4. The number of anilines is 2. The predicted molar refractivity (Wildman–Crippen MR) is 81.4 cm³/mol. The van der Waals surface area contributed by atoms with E-state index >= 15 is 0 Å². The molecule has 0 bridgehead atoms. The molecule has 1 atom stereocenters. The number of aromatic amines is 1. The Morgan fingerprint density at radius 3 is 2.83 bits per heavy atom. The summed E-state index contributed by atoms with van der Waals surface area (Å²) in [6.07, 6.45) is 1.56. The Morgan fingerprint density at radius 1 is 1.35 bits per heavy atom. The van der Waals surface area contributed by atoms with Gasteiger partial charge in [-0.15, -0.1) is 0 Å².